The third-order valence-electron chi connectivity index (χ3n) is 2.67. The minimum absolute atomic E-state index is 0.234. The van der Waals surface area contributed by atoms with Gasteiger partial charge in [-0.05, 0) is 37.6 Å². The SMILES string of the molecule is CCCOc1cc(C)nc(Nc2ccc(C(=O)O)cc2)n1. The number of rotatable bonds is 6. The average molecular weight is 287 g/mol. The Morgan fingerprint density at radius 2 is 2.00 bits per heavy atom. The van der Waals surface area contributed by atoms with Crippen LogP contribution in [0.15, 0.2) is 30.3 Å². The molecule has 2 aromatic rings. The highest BCUT2D eigenvalue weighted by Gasteiger charge is 2.05. The maximum absolute atomic E-state index is 10.8. The Balaban J connectivity index is 2.14. The van der Waals surface area contributed by atoms with E-state index in [1.54, 1.807) is 18.2 Å². The van der Waals surface area contributed by atoms with Crippen molar-refractivity contribution < 1.29 is 14.6 Å². The lowest BCUT2D eigenvalue weighted by Gasteiger charge is -2.09. The summed E-state index contributed by atoms with van der Waals surface area (Å²) in [6, 6.07) is 8.15. The fourth-order valence-electron chi connectivity index (χ4n) is 1.70. The van der Waals surface area contributed by atoms with Crippen LogP contribution in [0, 0.1) is 6.92 Å². The van der Waals surface area contributed by atoms with Crippen LogP contribution in [0.25, 0.3) is 0 Å². The summed E-state index contributed by atoms with van der Waals surface area (Å²) >= 11 is 0. The quantitative estimate of drug-likeness (QED) is 0.849. The summed E-state index contributed by atoms with van der Waals surface area (Å²) in [6.45, 7) is 4.49. The van der Waals surface area contributed by atoms with Gasteiger partial charge in [0, 0.05) is 17.4 Å². The molecule has 0 atom stereocenters. The monoisotopic (exact) mass is 287 g/mol. The van der Waals surface area contributed by atoms with Crippen LogP contribution in [0.2, 0.25) is 0 Å². The molecule has 0 aliphatic heterocycles. The van der Waals surface area contributed by atoms with Crippen molar-refractivity contribution in [3.8, 4) is 5.88 Å². The van der Waals surface area contributed by atoms with Crippen LogP contribution in [0.5, 0.6) is 5.88 Å². The van der Waals surface area contributed by atoms with Crippen molar-refractivity contribution in [3.05, 3.63) is 41.6 Å². The number of hydrogen-bond acceptors (Lipinski definition) is 5. The van der Waals surface area contributed by atoms with E-state index < -0.39 is 5.97 Å². The van der Waals surface area contributed by atoms with E-state index in [2.05, 4.69) is 15.3 Å². The summed E-state index contributed by atoms with van der Waals surface area (Å²) in [6.07, 6.45) is 0.905. The van der Waals surface area contributed by atoms with Gasteiger partial charge < -0.3 is 15.2 Å². The molecule has 0 fully saturated rings. The first-order valence-electron chi connectivity index (χ1n) is 6.67. The van der Waals surface area contributed by atoms with Crippen LogP contribution in [0.1, 0.15) is 29.4 Å². The molecule has 2 N–H and O–H groups in total. The van der Waals surface area contributed by atoms with E-state index in [0.29, 0.717) is 24.1 Å². The number of anilines is 2. The molecule has 1 aromatic heterocycles. The molecule has 0 spiro atoms. The lowest BCUT2D eigenvalue weighted by atomic mass is 10.2. The van der Waals surface area contributed by atoms with Crippen LogP contribution in [-0.4, -0.2) is 27.7 Å². The molecule has 1 aromatic carbocycles. The van der Waals surface area contributed by atoms with Crippen molar-refractivity contribution in [2.75, 3.05) is 11.9 Å². The van der Waals surface area contributed by atoms with Gasteiger partial charge in [0.25, 0.3) is 0 Å². The number of ether oxygens (including phenoxy) is 1. The summed E-state index contributed by atoms with van der Waals surface area (Å²) < 4.78 is 5.50. The summed E-state index contributed by atoms with van der Waals surface area (Å²) in [7, 11) is 0. The normalized spacial score (nSPS) is 10.2. The molecule has 0 saturated carbocycles. The van der Waals surface area contributed by atoms with Crippen molar-refractivity contribution in [3.63, 3.8) is 0 Å². The Bertz CT molecular complexity index is 627. The molecule has 1 heterocycles. The number of hydrogen-bond donors (Lipinski definition) is 2. The number of aromatic carboxylic acids is 1. The second kappa shape index (κ2) is 6.69. The van der Waals surface area contributed by atoms with E-state index in [1.807, 2.05) is 13.8 Å². The molecule has 0 aliphatic rings. The van der Waals surface area contributed by atoms with E-state index in [-0.39, 0.29) is 5.56 Å². The van der Waals surface area contributed by atoms with Gasteiger partial charge in [-0.25, -0.2) is 9.78 Å². The summed E-state index contributed by atoms with van der Waals surface area (Å²) in [5.74, 6) is -0.0122. The Kier molecular flexibility index (Phi) is 4.71. The number of aromatic nitrogens is 2. The van der Waals surface area contributed by atoms with Gasteiger partial charge in [0.05, 0.1) is 12.2 Å². The number of aryl methyl sites for hydroxylation is 1. The van der Waals surface area contributed by atoms with E-state index in [9.17, 15) is 4.79 Å². The Morgan fingerprint density at radius 3 is 2.62 bits per heavy atom. The largest absolute Gasteiger partial charge is 0.478 e. The van der Waals surface area contributed by atoms with Gasteiger partial charge in [-0.15, -0.1) is 0 Å². The third kappa shape index (κ3) is 4.17. The molecule has 6 nitrogen and oxygen atoms in total. The highest BCUT2D eigenvalue weighted by molar-refractivity contribution is 5.88. The fraction of sp³-hybridized carbons (Fsp3) is 0.267. The van der Waals surface area contributed by atoms with Gasteiger partial charge >= 0.3 is 5.97 Å². The summed E-state index contributed by atoms with van der Waals surface area (Å²) in [5, 5.41) is 11.9. The van der Waals surface area contributed by atoms with Gasteiger partial charge in [0.2, 0.25) is 11.8 Å². The number of nitrogens with zero attached hydrogens (tertiary/aromatic N) is 2. The molecular formula is C15H17N3O3. The van der Waals surface area contributed by atoms with Crippen molar-refractivity contribution >= 4 is 17.6 Å². The van der Waals surface area contributed by atoms with E-state index in [0.717, 1.165) is 12.1 Å². The van der Waals surface area contributed by atoms with Crippen molar-refractivity contribution in [1.29, 1.82) is 0 Å². The highest BCUT2D eigenvalue weighted by Crippen LogP contribution is 2.17. The smallest absolute Gasteiger partial charge is 0.335 e. The molecule has 0 unspecified atom stereocenters. The standard InChI is InChI=1S/C15H17N3O3/c1-3-8-21-13-9-10(2)16-15(18-13)17-12-6-4-11(5-7-12)14(19)20/h4-7,9H,3,8H2,1-2H3,(H,19,20)(H,16,17,18). The van der Waals surface area contributed by atoms with Crippen LogP contribution < -0.4 is 10.1 Å². The zero-order valence-corrected chi connectivity index (χ0v) is 12.0. The maximum atomic E-state index is 10.8. The van der Waals surface area contributed by atoms with Gasteiger partial charge in [-0.2, -0.15) is 4.98 Å². The first-order valence-corrected chi connectivity index (χ1v) is 6.67. The van der Waals surface area contributed by atoms with Crippen molar-refractivity contribution in [2.45, 2.75) is 20.3 Å². The molecule has 21 heavy (non-hydrogen) atoms. The number of benzene rings is 1. The first kappa shape index (κ1) is 14.8. The third-order valence-corrected chi connectivity index (χ3v) is 2.67. The van der Waals surface area contributed by atoms with E-state index in [1.165, 1.54) is 12.1 Å². The topological polar surface area (TPSA) is 84.3 Å². The lowest BCUT2D eigenvalue weighted by molar-refractivity contribution is 0.0697. The molecule has 2 rings (SSSR count). The number of nitrogens with one attached hydrogen (secondary N) is 1. The lowest BCUT2D eigenvalue weighted by Crippen LogP contribution is -2.03. The molecule has 0 amide bonds. The highest BCUT2D eigenvalue weighted by atomic mass is 16.5. The van der Waals surface area contributed by atoms with Crippen molar-refractivity contribution in [1.82, 2.24) is 9.97 Å². The van der Waals surface area contributed by atoms with Crippen LogP contribution in [-0.2, 0) is 0 Å². The summed E-state index contributed by atoms with van der Waals surface area (Å²) in [4.78, 5) is 19.3. The van der Waals surface area contributed by atoms with Gasteiger partial charge in [0.15, 0.2) is 0 Å². The second-order valence-corrected chi connectivity index (χ2v) is 4.53. The molecule has 0 saturated heterocycles. The van der Waals surface area contributed by atoms with Gasteiger partial charge in [0.1, 0.15) is 0 Å². The Labute approximate surface area is 122 Å². The van der Waals surface area contributed by atoms with Crippen molar-refractivity contribution in [2.24, 2.45) is 0 Å². The predicted octanol–water partition coefficient (Wildman–Crippen LogP) is 3.02. The molecule has 6 heteroatoms. The molecular weight excluding hydrogens is 270 g/mol. The average Bonchev–Trinajstić information content (AvgIpc) is 2.45. The maximum Gasteiger partial charge on any atom is 0.335 e. The van der Waals surface area contributed by atoms with E-state index in [4.69, 9.17) is 9.84 Å². The Morgan fingerprint density at radius 1 is 1.29 bits per heavy atom. The Hall–Kier alpha value is -2.63. The minimum Gasteiger partial charge on any atom is -0.478 e. The molecule has 0 bridgehead atoms. The second-order valence-electron chi connectivity index (χ2n) is 4.53. The molecule has 0 radical (unpaired) electrons. The zero-order chi connectivity index (χ0) is 15.2. The predicted molar refractivity (Wildman–Crippen MR) is 79.2 cm³/mol. The van der Waals surface area contributed by atoms with Gasteiger partial charge in [-0.1, -0.05) is 6.92 Å². The summed E-state index contributed by atoms with van der Waals surface area (Å²) in [5.41, 5.74) is 1.74. The zero-order valence-electron chi connectivity index (χ0n) is 12.0. The fourth-order valence-corrected chi connectivity index (χ4v) is 1.70. The van der Waals surface area contributed by atoms with Crippen LogP contribution in [0.3, 0.4) is 0 Å². The first-order chi connectivity index (χ1) is 10.1. The van der Waals surface area contributed by atoms with Crippen LogP contribution in [0.4, 0.5) is 11.6 Å². The van der Waals surface area contributed by atoms with Crippen LogP contribution >= 0.6 is 0 Å². The number of carbonyl (C=O) groups is 1. The van der Waals surface area contributed by atoms with E-state index >= 15 is 0 Å². The molecule has 0 aliphatic carbocycles. The number of carboxylic acid groups (broad SMARTS) is 1. The minimum atomic E-state index is -0.955. The molecule has 110 valence electrons. The number of carboxylic acids is 1. The van der Waals surface area contributed by atoms with Gasteiger partial charge in [-0.3, -0.25) is 0 Å².